The molecule has 4 heteroatoms. The normalized spacial score (nSPS) is 17.1. The van der Waals surface area contributed by atoms with E-state index in [0.29, 0.717) is 10.7 Å². The summed E-state index contributed by atoms with van der Waals surface area (Å²) in [4.78, 5) is 18.2. The van der Waals surface area contributed by atoms with E-state index in [1.54, 1.807) is 0 Å². The molecule has 1 aromatic heterocycles. The van der Waals surface area contributed by atoms with E-state index in [0.717, 1.165) is 23.2 Å². The van der Waals surface area contributed by atoms with Crippen LogP contribution in [0, 0.1) is 10.7 Å². The molecule has 0 fully saturated rings. The van der Waals surface area contributed by atoms with Crippen molar-refractivity contribution in [2.45, 2.75) is 26.2 Å². The van der Waals surface area contributed by atoms with E-state index in [1.807, 2.05) is 12.1 Å². The Morgan fingerprint density at radius 2 is 2.00 bits per heavy atom. The topological polar surface area (TPSA) is 48.6 Å². The number of aromatic nitrogens is 2. The van der Waals surface area contributed by atoms with Gasteiger partial charge >= 0.3 is 0 Å². The van der Waals surface area contributed by atoms with Crippen LogP contribution in [0.15, 0.2) is 29.1 Å². The van der Waals surface area contributed by atoms with Gasteiger partial charge in [0.15, 0.2) is 4.77 Å². The number of nitrogens with one attached hydrogen (secondary N) is 2. The maximum atomic E-state index is 12.3. The van der Waals surface area contributed by atoms with E-state index in [9.17, 15) is 4.79 Å². The Kier molecular flexibility index (Phi) is 2.90. The van der Waals surface area contributed by atoms with Crippen LogP contribution in [-0.4, -0.2) is 9.97 Å². The molecule has 0 aliphatic heterocycles. The summed E-state index contributed by atoms with van der Waals surface area (Å²) in [6, 6.07) is 8.22. The van der Waals surface area contributed by atoms with Gasteiger partial charge in [-0.1, -0.05) is 38.1 Å². The molecule has 3 nitrogen and oxygen atoms in total. The third-order valence-corrected chi connectivity index (χ3v) is 4.09. The zero-order chi connectivity index (χ0) is 13.6. The van der Waals surface area contributed by atoms with E-state index in [1.165, 1.54) is 5.56 Å². The molecule has 19 heavy (non-hydrogen) atoms. The van der Waals surface area contributed by atoms with Crippen LogP contribution >= 0.6 is 12.2 Å². The second kappa shape index (κ2) is 4.46. The zero-order valence-electron chi connectivity index (χ0n) is 11.0. The van der Waals surface area contributed by atoms with Gasteiger partial charge in [0.1, 0.15) is 0 Å². The van der Waals surface area contributed by atoms with Gasteiger partial charge in [-0.15, -0.1) is 0 Å². The quantitative estimate of drug-likeness (QED) is 0.782. The van der Waals surface area contributed by atoms with Crippen molar-refractivity contribution < 1.29 is 0 Å². The van der Waals surface area contributed by atoms with Gasteiger partial charge in [0, 0.05) is 11.1 Å². The van der Waals surface area contributed by atoms with Crippen molar-refractivity contribution in [2.24, 2.45) is 5.92 Å². The summed E-state index contributed by atoms with van der Waals surface area (Å²) in [6.45, 7) is 4.31. The highest BCUT2D eigenvalue weighted by atomic mass is 32.1. The highest BCUT2D eigenvalue weighted by molar-refractivity contribution is 7.71. The molecular weight excluding hydrogens is 256 g/mol. The van der Waals surface area contributed by atoms with Crippen LogP contribution in [0.2, 0.25) is 0 Å². The van der Waals surface area contributed by atoms with Crippen molar-refractivity contribution >= 4 is 12.2 Å². The van der Waals surface area contributed by atoms with E-state index in [4.69, 9.17) is 12.2 Å². The fraction of sp³-hybridized carbons (Fsp3) is 0.333. The second-order valence-corrected chi connectivity index (χ2v) is 5.82. The largest absolute Gasteiger partial charge is 0.331 e. The third-order valence-electron chi connectivity index (χ3n) is 3.88. The number of fused-ring (bicyclic) bond motifs is 3. The van der Waals surface area contributed by atoms with Crippen molar-refractivity contribution in [3.05, 3.63) is 50.5 Å². The van der Waals surface area contributed by atoms with Gasteiger partial charge < -0.3 is 4.98 Å². The molecule has 0 spiro atoms. The number of aromatic amines is 2. The molecule has 0 saturated carbocycles. The Labute approximate surface area is 116 Å². The Bertz CT molecular complexity index is 742. The Morgan fingerprint density at radius 3 is 2.74 bits per heavy atom. The Balaban J connectivity index is 2.37. The monoisotopic (exact) mass is 272 g/mol. The molecular formula is C15H16N2OS. The fourth-order valence-corrected chi connectivity index (χ4v) is 3.11. The smallest absolute Gasteiger partial charge is 0.255 e. The third kappa shape index (κ3) is 1.96. The van der Waals surface area contributed by atoms with Crippen LogP contribution in [0.5, 0.6) is 0 Å². The Hall–Kier alpha value is -1.68. The molecule has 0 unspecified atom stereocenters. The predicted molar refractivity (Wildman–Crippen MR) is 79.0 cm³/mol. The lowest BCUT2D eigenvalue weighted by Crippen LogP contribution is -2.26. The van der Waals surface area contributed by atoms with Crippen molar-refractivity contribution in [3.63, 3.8) is 0 Å². The number of benzene rings is 1. The molecule has 1 atom stereocenters. The summed E-state index contributed by atoms with van der Waals surface area (Å²) < 4.78 is 0.392. The van der Waals surface area contributed by atoms with Crippen molar-refractivity contribution in [3.8, 4) is 11.3 Å². The summed E-state index contributed by atoms with van der Waals surface area (Å²) in [5, 5.41) is 0. The lowest BCUT2D eigenvalue weighted by atomic mass is 9.76. The summed E-state index contributed by atoms with van der Waals surface area (Å²) in [7, 11) is 0. The maximum Gasteiger partial charge on any atom is 0.255 e. The molecule has 98 valence electrons. The maximum absolute atomic E-state index is 12.3. The standard InChI is InChI=1S/C15H16N2OS/c1-8(2)11-7-9-5-3-4-6-10(9)13-12(11)14(18)17-15(19)16-13/h3-6,8,11H,7H2,1-2H3,(H2,16,17,18,19)/t11-/m1/s1. The van der Waals surface area contributed by atoms with Gasteiger partial charge in [0.2, 0.25) is 0 Å². The van der Waals surface area contributed by atoms with Crippen LogP contribution in [-0.2, 0) is 6.42 Å². The van der Waals surface area contributed by atoms with Crippen LogP contribution in [0.4, 0.5) is 0 Å². The summed E-state index contributed by atoms with van der Waals surface area (Å²) in [5.41, 5.74) is 4.08. The average Bonchev–Trinajstić information content (AvgIpc) is 2.37. The summed E-state index contributed by atoms with van der Waals surface area (Å²) >= 11 is 5.11. The van der Waals surface area contributed by atoms with Crippen LogP contribution < -0.4 is 5.56 Å². The van der Waals surface area contributed by atoms with Crippen molar-refractivity contribution in [2.75, 3.05) is 0 Å². The summed E-state index contributed by atoms with van der Waals surface area (Å²) in [6.07, 6.45) is 0.911. The number of H-pyrrole nitrogens is 2. The number of hydrogen-bond donors (Lipinski definition) is 2. The molecule has 2 N–H and O–H groups in total. The first-order valence-electron chi connectivity index (χ1n) is 6.52. The van der Waals surface area contributed by atoms with Gasteiger partial charge in [-0.3, -0.25) is 9.78 Å². The SMILES string of the molecule is CC(C)[C@H]1Cc2ccccc2-c2[nH]c(=S)[nH]c(=O)c21. The molecule has 2 aromatic rings. The minimum atomic E-state index is -0.0491. The van der Waals surface area contributed by atoms with Crippen LogP contribution in [0.1, 0.15) is 30.9 Å². The van der Waals surface area contributed by atoms with Crippen LogP contribution in [0.25, 0.3) is 11.3 Å². The van der Waals surface area contributed by atoms with Crippen molar-refractivity contribution in [1.82, 2.24) is 9.97 Å². The minimum Gasteiger partial charge on any atom is -0.331 e. The van der Waals surface area contributed by atoms with Gasteiger partial charge in [-0.2, -0.15) is 0 Å². The highest BCUT2D eigenvalue weighted by Gasteiger charge is 2.29. The van der Waals surface area contributed by atoms with E-state index < -0.39 is 0 Å². The van der Waals surface area contributed by atoms with Gasteiger partial charge in [0.25, 0.3) is 5.56 Å². The average molecular weight is 272 g/mol. The second-order valence-electron chi connectivity index (χ2n) is 5.41. The molecule has 0 saturated heterocycles. The zero-order valence-corrected chi connectivity index (χ0v) is 11.8. The molecule has 0 bridgehead atoms. The lowest BCUT2D eigenvalue weighted by Gasteiger charge is -2.29. The first-order chi connectivity index (χ1) is 9.08. The first kappa shape index (κ1) is 12.4. The number of hydrogen-bond acceptors (Lipinski definition) is 2. The lowest BCUT2D eigenvalue weighted by molar-refractivity contribution is 0.486. The minimum absolute atomic E-state index is 0.0491. The highest BCUT2D eigenvalue weighted by Crippen LogP contribution is 2.39. The van der Waals surface area contributed by atoms with Gasteiger partial charge in [-0.05, 0) is 36.0 Å². The summed E-state index contributed by atoms with van der Waals surface area (Å²) in [5.74, 6) is 0.651. The fourth-order valence-electron chi connectivity index (χ4n) is 2.91. The number of rotatable bonds is 1. The first-order valence-corrected chi connectivity index (χ1v) is 6.93. The predicted octanol–water partition coefficient (Wildman–Crippen LogP) is 3.40. The molecule has 1 aliphatic carbocycles. The molecule has 1 heterocycles. The molecule has 0 amide bonds. The Morgan fingerprint density at radius 1 is 1.26 bits per heavy atom. The van der Waals surface area contributed by atoms with Gasteiger partial charge in [0.05, 0.1) is 5.69 Å². The van der Waals surface area contributed by atoms with E-state index in [-0.39, 0.29) is 11.5 Å². The van der Waals surface area contributed by atoms with Crippen molar-refractivity contribution in [1.29, 1.82) is 0 Å². The molecule has 1 aromatic carbocycles. The molecule has 0 radical (unpaired) electrons. The molecule has 1 aliphatic rings. The molecule has 3 rings (SSSR count). The van der Waals surface area contributed by atoms with Crippen LogP contribution in [0.3, 0.4) is 0 Å². The van der Waals surface area contributed by atoms with E-state index >= 15 is 0 Å². The van der Waals surface area contributed by atoms with E-state index in [2.05, 4.69) is 35.9 Å². The van der Waals surface area contributed by atoms with Gasteiger partial charge in [-0.25, -0.2) is 0 Å².